The fraction of sp³-hybridized carbons (Fsp3) is 0.643. The summed E-state index contributed by atoms with van der Waals surface area (Å²) in [5.41, 5.74) is 8.80. The Bertz CT molecular complexity index is 329. The third-order valence-corrected chi connectivity index (χ3v) is 3.78. The van der Waals surface area contributed by atoms with Crippen molar-refractivity contribution >= 4 is 0 Å². The number of aryl methyl sites for hydroxylation is 1. The summed E-state index contributed by atoms with van der Waals surface area (Å²) in [6, 6.07) is 2.27. The van der Waals surface area contributed by atoms with Crippen molar-refractivity contribution in [3.63, 3.8) is 0 Å². The molecular weight excluding hydrogens is 196 g/mol. The first-order chi connectivity index (χ1) is 7.77. The van der Waals surface area contributed by atoms with E-state index in [0.717, 1.165) is 12.3 Å². The first kappa shape index (κ1) is 11.6. The van der Waals surface area contributed by atoms with Gasteiger partial charge in [0.1, 0.15) is 0 Å². The van der Waals surface area contributed by atoms with Crippen molar-refractivity contribution in [1.82, 2.24) is 4.98 Å². The highest BCUT2D eigenvalue weighted by atomic mass is 14.7. The van der Waals surface area contributed by atoms with Gasteiger partial charge in [-0.15, -0.1) is 0 Å². The fourth-order valence-corrected chi connectivity index (χ4v) is 2.81. The van der Waals surface area contributed by atoms with Gasteiger partial charge in [-0.25, -0.2) is 0 Å². The van der Waals surface area contributed by atoms with E-state index in [1.807, 2.05) is 12.4 Å². The van der Waals surface area contributed by atoms with Crippen LogP contribution in [0.4, 0.5) is 0 Å². The average Bonchev–Trinajstić information content (AvgIpc) is 2.31. The van der Waals surface area contributed by atoms with Gasteiger partial charge in [0, 0.05) is 18.4 Å². The second-order valence-electron chi connectivity index (χ2n) is 5.08. The van der Waals surface area contributed by atoms with Gasteiger partial charge in [-0.2, -0.15) is 0 Å². The minimum Gasteiger partial charge on any atom is -0.324 e. The van der Waals surface area contributed by atoms with Crippen molar-refractivity contribution in [3.05, 3.63) is 29.6 Å². The molecule has 1 atom stereocenters. The zero-order valence-electron chi connectivity index (χ0n) is 10.2. The van der Waals surface area contributed by atoms with Crippen LogP contribution >= 0.6 is 0 Å². The molecule has 2 rings (SSSR count). The summed E-state index contributed by atoms with van der Waals surface area (Å²) in [6.07, 6.45) is 11.9. The van der Waals surface area contributed by atoms with Crippen molar-refractivity contribution in [2.75, 3.05) is 0 Å². The molecule has 1 saturated carbocycles. The molecule has 0 radical (unpaired) electrons. The number of nitrogens with two attached hydrogens (primary N) is 1. The Kier molecular flexibility index (Phi) is 3.94. The van der Waals surface area contributed by atoms with Crippen LogP contribution < -0.4 is 5.73 Å². The quantitative estimate of drug-likeness (QED) is 0.845. The summed E-state index contributed by atoms with van der Waals surface area (Å²) >= 11 is 0. The fourth-order valence-electron chi connectivity index (χ4n) is 2.81. The molecule has 2 heteroatoms. The Morgan fingerprint density at radius 3 is 2.81 bits per heavy atom. The van der Waals surface area contributed by atoms with Crippen LogP contribution in [0.1, 0.15) is 55.7 Å². The van der Waals surface area contributed by atoms with E-state index in [1.165, 1.54) is 43.2 Å². The standard InChI is InChI=1S/C14H22N2/c1-11-10-16-8-7-13(11)14(15)9-12-5-3-2-4-6-12/h7-8,10,12,14H,2-6,9,15H2,1H3. The molecular formula is C14H22N2. The molecule has 1 aromatic heterocycles. The van der Waals surface area contributed by atoms with E-state index in [1.54, 1.807) is 0 Å². The van der Waals surface area contributed by atoms with Gasteiger partial charge in [-0.1, -0.05) is 32.1 Å². The van der Waals surface area contributed by atoms with Gasteiger partial charge in [0.05, 0.1) is 0 Å². The van der Waals surface area contributed by atoms with Crippen LogP contribution in [0.15, 0.2) is 18.5 Å². The summed E-state index contributed by atoms with van der Waals surface area (Å²) in [4.78, 5) is 4.12. The van der Waals surface area contributed by atoms with Crippen LogP contribution in [0, 0.1) is 12.8 Å². The van der Waals surface area contributed by atoms with Crippen molar-refractivity contribution in [2.24, 2.45) is 11.7 Å². The molecule has 1 aromatic rings. The molecule has 0 spiro atoms. The van der Waals surface area contributed by atoms with Gasteiger partial charge >= 0.3 is 0 Å². The maximum absolute atomic E-state index is 6.30. The Hall–Kier alpha value is -0.890. The second-order valence-corrected chi connectivity index (χ2v) is 5.08. The largest absolute Gasteiger partial charge is 0.324 e. The van der Waals surface area contributed by atoms with Crippen LogP contribution in [0.25, 0.3) is 0 Å². The highest BCUT2D eigenvalue weighted by Gasteiger charge is 2.18. The number of rotatable bonds is 3. The number of hydrogen-bond donors (Lipinski definition) is 1. The molecule has 1 unspecified atom stereocenters. The monoisotopic (exact) mass is 218 g/mol. The first-order valence-corrected chi connectivity index (χ1v) is 6.43. The molecule has 2 N–H and O–H groups in total. The zero-order chi connectivity index (χ0) is 11.4. The lowest BCUT2D eigenvalue weighted by atomic mass is 9.83. The topological polar surface area (TPSA) is 38.9 Å². The highest BCUT2D eigenvalue weighted by molar-refractivity contribution is 5.24. The highest BCUT2D eigenvalue weighted by Crippen LogP contribution is 2.31. The van der Waals surface area contributed by atoms with Crippen LogP contribution in [-0.4, -0.2) is 4.98 Å². The average molecular weight is 218 g/mol. The maximum atomic E-state index is 6.30. The van der Waals surface area contributed by atoms with Crippen molar-refractivity contribution in [1.29, 1.82) is 0 Å². The second kappa shape index (κ2) is 5.44. The van der Waals surface area contributed by atoms with E-state index in [9.17, 15) is 0 Å². The van der Waals surface area contributed by atoms with Gasteiger partial charge in [-0.05, 0) is 36.5 Å². The van der Waals surface area contributed by atoms with Crippen LogP contribution in [0.3, 0.4) is 0 Å². The Balaban J connectivity index is 1.96. The molecule has 0 saturated heterocycles. The van der Waals surface area contributed by atoms with E-state index >= 15 is 0 Å². The van der Waals surface area contributed by atoms with Crippen LogP contribution in [0.5, 0.6) is 0 Å². The molecule has 16 heavy (non-hydrogen) atoms. The van der Waals surface area contributed by atoms with E-state index in [0.29, 0.717) is 0 Å². The molecule has 0 bridgehead atoms. The lowest BCUT2D eigenvalue weighted by molar-refractivity contribution is 0.319. The molecule has 0 aromatic carbocycles. The molecule has 88 valence electrons. The number of nitrogens with zero attached hydrogens (tertiary/aromatic N) is 1. The number of aromatic nitrogens is 1. The lowest BCUT2D eigenvalue weighted by Gasteiger charge is -2.25. The smallest absolute Gasteiger partial charge is 0.0301 e. The lowest BCUT2D eigenvalue weighted by Crippen LogP contribution is -2.18. The molecule has 1 fully saturated rings. The van der Waals surface area contributed by atoms with Crippen molar-refractivity contribution < 1.29 is 0 Å². The Morgan fingerprint density at radius 2 is 2.12 bits per heavy atom. The normalized spacial score (nSPS) is 19.6. The van der Waals surface area contributed by atoms with Gasteiger partial charge in [-0.3, -0.25) is 4.98 Å². The molecule has 0 amide bonds. The summed E-state index contributed by atoms with van der Waals surface area (Å²) in [6.45, 7) is 2.10. The number of hydrogen-bond acceptors (Lipinski definition) is 2. The summed E-state index contributed by atoms with van der Waals surface area (Å²) < 4.78 is 0. The predicted molar refractivity (Wildman–Crippen MR) is 67.1 cm³/mol. The third kappa shape index (κ3) is 2.82. The van der Waals surface area contributed by atoms with E-state index in [4.69, 9.17) is 5.73 Å². The molecule has 1 aliphatic carbocycles. The van der Waals surface area contributed by atoms with Gasteiger partial charge < -0.3 is 5.73 Å². The predicted octanol–water partition coefficient (Wildman–Crippen LogP) is 3.36. The maximum Gasteiger partial charge on any atom is 0.0301 e. The van der Waals surface area contributed by atoms with E-state index in [-0.39, 0.29) is 6.04 Å². The Labute approximate surface area is 98.3 Å². The Morgan fingerprint density at radius 1 is 1.38 bits per heavy atom. The van der Waals surface area contributed by atoms with Crippen LogP contribution in [0.2, 0.25) is 0 Å². The number of pyridine rings is 1. The first-order valence-electron chi connectivity index (χ1n) is 6.43. The van der Waals surface area contributed by atoms with E-state index < -0.39 is 0 Å². The summed E-state index contributed by atoms with van der Waals surface area (Å²) in [5.74, 6) is 0.844. The van der Waals surface area contributed by atoms with Crippen molar-refractivity contribution in [2.45, 2.75) is 51.5 Å². The van der Waals surface area contributed by atoms with Gasteiger partial charge in [0.15, 0.2) is 0 Å². The third-order valence-electron chi connectivity index (χ3n) is 3.78. The van der Waals surface area contributed by atoms with E-state index in [2.05, 4.69) is 18.0 Å². The molecule has 1 aliphatic rings. The van der Waals surface area contributed by atoms with Gasteiger partial charge in [0.2, 0.25) is 0 Å². The minimum atomic E-state index is 0.200. The molecule has 1 heterocycles. The van der Waals surface area contributed by atoms with Crippen LogP contribution in [-0.2, 0) is 0 Å². The van der Waals surface area contributed by atoms with Crippen molar-refractivity contribution in [3.8, 4) is 0 Å². The SMILES string of the molecule is Cc1cnccc1C(N)CC1CCCCC1. The minimum absolute atomic E-state index is 0.200. The van der Waals surface area contributed by atoms with Gasteiger partial charge in [0.25, 0.3) is 0 Å². The summed E-state index contributed by atoms with van der Waals surface area (Å²) in [7, 11) is 0. The zero-order valence-corrected chi connectivity index (χ0v) is 10.2. The molecule has 2 nitrogen and oxygen atoms in total. The summed E-state index contributed by atoms with van der Waals surface area (Å²) in [5, 5.41) is 0. The molecule has 0 aliphatic heterocycles.